The van der Waals surface area contributed by atoms with Crippen LogP contribution in [0.2, 0.25) is 0 Å². The van der Waals surface area contributed by atoms with Crippen LogP contribution in [0.1, 0.15) is 0 Å². The predicted octanol–water partition coefficient (Wildman–Crippen LogP) is 3.59. The van der Waals surface area contributed by atoms with Crippen LogP contribution in [0.15, 0.2) is 71.6 Å². The first kappa shape index (κ1) is 21.4. The fraction of sp³-hybridized carbons (Fsp3) is 0.280. The molecule has 2 aromatic heterocycles. The van der Waals surface area contributed by atoms with Crippen LogP contribution in [0, 0.1) is 5.82 Å². The lowest BCUT2D eigenvalue weighted by atomic mass is 10.1. The van der Waals surface area contributed by atoms with Crippen molar-refractivity contribution in [3.8, 4) is 17.1 Å². The standard InChI is InChI=1S/C25H25FN4O3/c26-20-4-7-23-19(14-20)16-33-24(23)18-2-5-22(6-3-18)32-17-21(31)15-29-10-12-30(13-11-29)25-27-8-1-9-28-25/h1-9,14,16,21,31H,10-13,15,17H2/t21-/m1/s1. The number of hydrogen-bond donors (Lipinski definition) is 1. The number of rotatable bonds is 7. The molecule has 8 heteroatoms. The first-order valence-corrected chi connectivity index (χ1v) is 11.0. The topological polar surface area (TPSA) is 74.9 Å². The van der Waals surface area contributed by atoms with Crippen molar-refractivity contribution in [1.29, 1.82) is 0 Å². The van der Waals surface area contributed by atoms with E-state index in [9.17, 15) is 9.50 Å². The number of aliphatic hydroxyl groups is 1. The maximum absolute atomic E-state index is 13.4. The second-order valence-corrected chi connectivity index (χ2v) is 8.12. The van der Waals surface area contributed by atoms with Gasteiger partial charge in [0.25, 0.3) is 0 Å². The summed E-state index contributed by atoms with van der Waals surface area (Å²) in [6, 6.07) is 13.9. The fourth-order valence-electron chi connectivity index (χ4n) is 4.08. The molecule has 2 aromatic carbocycles. The molecule has 0 unspecified atom stereocenters. The zero-order chi connectivity index (χ0) is 22.6. The Kier molecular flexibility index (Phi) is 6.19. The third-order valence-electron chi connectivity index (χ3n) is 5.80. The van der Waals surface area contributed by atoms with E-state index >= 15 is 0 Å². The van der Waals surface area contributed by atoms with Gasteiger partial charge in [-0.25, -0.2) is 14.4 Å². The normalized spacial score (nSPS) is 15.6. The predicted molar refractivity (Wildman–Crippen MR) is 124 cm³/mol. The molecule has 5 rings (SSSR count). The zero-order valence-electron chi connectivity index (χ0n) is 18.1. The lowest BCUT2D eigenvalue weighted by Gasteiger charge is -2.35. The first-order valence-electron chi connectivity index (χ1n) is 11.0. The Hall–Kier alpha value is -3.49. The van der Waals surface area contributed by atoms with Crippen LogP contribution in [0.5, 0.6) is 5.75 Å². The molecule has 33 heavy (non-hydrogen) atoms. The van der Waals surface area contributed by atoms with Gasteiger partial charge < -0.3 is 19.2 Å². The van der Waals surface area contributed by atoms with Crippen molar-refractivity contribution in [3.63, 3.8) is 0 Å². The number of piperazine rings is 1. The molecule has 4 aromatic rings. The number of fused-ring (bicyclic) bond motifs is 1. The van der Waals surface area contributed by atoms with E-state index in [-0.39, 0.29) is 12.4 Å². The van der Waals surface area contributed by atoms with Crippen molar-refractivity contribution in [2.45, 2.75) is 6.10 Å². The number of halogens is 1. The van der Waals surface area contributed by atoms with Gasteiger partial charge in [-0.2, -0.15) is 0 Å². The van der Waals surface area contributed by atoms with Crippen LogP contribution in [0.25, 0.3) is 22.1 Å². The van der Waals surface area contributed by atoms with Crippen molar-refractivity contribution >= 4 is 16.7 Å². The van der Waals surface area contributed by atoms with Crippen LogP contribution in [-0.4, -0.2) is 65.4 Å². The van der Waals surface area contributed by atoms with Gasteiger partial charge in [0.05, 0.1) is 6.26 Å². The highest BCUT2D eigenvalue weighted by Crippen LogP contribution is 2.32. The van der Waals surface area contributed by atoms with E-state index in [0.29, 0.717) is 18.1 Å². The van der Waals surface area contributed by atoms with Gasteiger partial charge in [0, 0.05) is 61.5 Å². The molecule has 0 saturated carbocycles. The Morgan fingerprint density at radius 1 is 1.03 bits per heavy atom. The van der Waals surface area contributed by atoms with Gasteiger partial charge in [0.1, 0.15) is 30.0 Å². The van der Waals surface area contributed by atoms with Crippen LogP contribution in [-0.2, 0) is 0 Å². The molecule has 0 bridgehead atoms. The molecule has 7 nitrogen and oxygen atoms in total. The van der Waals surface area contributed by atoms with E-state index in [1.54, 1.807) is 24.7 Å². The summed E-state index contributed by atoms with van der Waals surface area (Å²) in [4.78, 5) is 13.0. The summed E-state index contributed by atoms with van der Waals surface area (Å²) in [7, 11) is 0. The summed E-state index contributed by atoms with van der Waals surface area (Å²) in [6.07, 6.45) is 4.47. The molecule has 1 aliphatic rings. The molecule has 170 valence electrons. The highest BCUT2D eigenvalue weighted by Gasteiger charge is 2.21. The van der Waals surface area contributed by atoms with Crippen LogP contribution < -0.4 is 9.64 Å². The SMILES string of the molecule is O[C@@H](COc1ccc(-c2occ3cc(F)ccc23)cc1)CN1CCN(c2ncccn2)CC1. The van der Waals surface area contributed by atoms with Crippen molar-refractivity contribution in [2.75, 3.05) is 44.2 Å². The summed E-state index contributed by atoms with van der Waals surface area (Å²) in [5.41, 5.74) is 0.879. The van der Waals surface area contributed by atoms with Gasteiger partial charge in [-0.05, 0) is 48.5 Å². The molecule has 0 aliphatic carbocycles. The van der Waals surface area contributed by atoms with Crippen LogP contribution in [0.3, 0.4) is 0 Å². The molecule has 0 spiro atoms. The van der Waals surface area contributed by atoms with E-state index in [2.05, 4.69) is 19.8 Å². The Bertz CT molecular complexity index is 1190. The van der Waals surface area contributed by atoms with E-state index in [4.69, 9.17) is 9.15 Å². The number of ether oxygens (including phenoxy) is 1. The number of furan rings is 1. The zero-order valence-corrected chi connectivity index (χ0v) is 18.1. The molecule has 1 atom stereocenters. The Morgan fingerprint density at radius 3 is 2.55 bits per heavy atom. The maximum atomic E-state index is 13.4. The van der Waals surface area contributed by atoms with Crippen molar-refractivity contribution < 1.29 is 18.7 Å². The van der Waals surface area contributed by atoms with E-state index in [0.717, 1.165) is 48.5 Å². The monoisotopic (exact) mass is 448 g/mol. The summed E-state index contributed by atoms with van der Waals surface area (Å²) >= 11 is 0. The highest BCUT2D eigenvalue weighted by molar-refractivity contribution is 5.94. The average molecular weight is 448 g/mol. The van der Waals surface area contributed by atoms with Gasteiger partial charge in [0.2, 0.25) is 5.95 Å². The molecule has 1 saturated heterocycles. The minimum Gasteiger partial charge on any atom is -0.491 e. The van der Waals surface area contributed by atoms with E-state index in [1.165, 1.54) is 12.1 Å². The molecular formula is C25H25FN4O3. The van der Waals surface area contributed by atoms with Crippen molar-refractivity contribution in [2.24, 2.45) is 0 Å². The maximum Gasteiger partial charge on any atom is 0.225 e. The number of β-amino-alcohol motifs (C(OH)–C–C–N with tert-alkyl or cyclic N) is 1. The minimum atomic E-state index is -0.590. The van der Waals surface area contributed by atoms with Crippen molar-refractivity contribution in [3.05, 3.63) is 73.0 Å². The summed E-state index contributed by atoms with van der Waals surface area (Å²) in [6.45, 7) is 4.09. The average Bonchev–Trinajstić information content (AvgIpc) is 3.27. The number of aliphatic hydroxyl groups excluding tert-OH is 1. The lowest BCUT2D eigenvalue weighted by Crippen LogP contribution is -2.49. The number of benzene rings is 2. The van der Waals surface area contributed by atoms with E-state index in [1.807, 2.05) is 30.3 Å². The van der Waals surface area contributed by atoms with Crippen molar-refractivity contribution in [1.82, 2.24) is 14.9 Å². The van der Waals surface area contributed by atoms with Gasteiger partial charge in [0.15, 0.2) is 0 Å². The molecular weight excluding hydrogens is 423 g/mol. The second kappa shape index (κ2) is 9.56. The fourth-order valence-corrected chi connectivity index (χ4v) is 4.08. The van der Waals surface area contributed by atoms with Crippen LogP contribution >= 0.6 is 0 Å². The molecule has 0 radical (unpaired) electrons. The number of nitrogens with zero attached hydrogens (tertiary/aromatic N) is 4. The third kappa shape index (κ3) is 4.97. The number of anilines is 1. The van der Waals surface area contributed by atoms with Gasteiger partial charge in [-0.15, -0.1) is 0 Å². The van der Waals surface area contributed by atoms with Gasteiger partial charge in [-0.3, -0.25) is 4.90 Å². The number of aromatic nitrogens is 2. The van der Waals surface area contributed by atoms with Gasteiger partial charge >= 0.3 is 0 Å². The Morgan fingerprint density at radius 2 is 1.79 bits per heavy atom. The Balaban J connectivity index is 1.11. The second-order valence-electron chi connectivity index (χ2n) is 8.12. The Labute approximate surface area is 191 Å². The van der Waals surface area contributed by atoms with Gasteiger partial charge in [-0.1, -0.05) is 0 Å². The third-order valence-corrected chi connectivity index (χ3v) is 5.80. The molecule has 3 heterocycles. The smallest absolute Gasteiger partial charge is 0.225 e. The summed E-state index contributed by atoms with van der Waals surface area (Å²) in [5, 5.41) is 12.0. The number of hydrogen-bond acceptors (Lipinski definition) is 7. The molecule has 0 amide bonds. The molecule has 1 N–H and O–H groups in total. The quantitative estimate of drug-likeness (QED) is 0.463. The highest BCUT2D eigenvalue weighted by atomic mass is 19.1. The molecule has 1 fully saturated rings. The van der Waals surface area contributed by atoms with E-state index < -0.39 is 6.10 Å². The summed E-state index contributed by atoms with van der Waals surface area (Å²) < 4.78 is 24.8. The molecule has 1 aliphatic heterocycles. The first-order chi connectivity index (χ1) is 16.2. The lowest BCUT2D eigenvalue weighted by molar-refractivity contribution is 0.0662. The largest absolute Gasteiger partial charge is 0.491 e. The van der Waals surface area contributed by atoms with Crippen LogP contribution in [0.4, 0.5) is 10.3 Å². The minimum absolute atomic E-state index is 0.213. The summed E-state index contributed by atoms with van der Waals surface area (Å²) in [5.74, 6) is 1.82.